The third-order valence-electron chi connectivity index (χ3n) is 20.0. The number of amides is 12. The summed E-state index contributed by atoms with van der Waals surface area (Å²) in [5.74, 6) is -8.07. The average molecular weight is 1330 g/mol. The van der Waals surface area contributed by atoms with E-state index in [1.165, 1.54) is 92.6 Å². The Morgan fingerprint density at radius 2 is 1.10 bits per heavy atom. The van der Waals surface area contributed by atoms with Crippen molar-refractivity contribution in [2.75, 3.05) is 82.1 Å². The Hall–Kier alpha value is -6.07. The molecule has 0 bridgehead atoms. The summed E-state index contributed by atoms with van der Waals surface area (Å²) in [6, 6.07) is -8.32. The van der Waals surface area contributed by atoms with Crippen molar-refractivity contribution >= 4 is 82.5 Å². The molecule has 2 aliphatic carbocycles. The second kappa shape index (κ2) is 37.3. The number of alkyl halides is 1. The molecule has 0 aromatic heterocycles. The van der Waals surface area contributed by atoms with Crippen molar-refractivity contribution in [1.82, 2.24) is 60.5 Å². The lowest BCUT2D eigenvalue weighted by molar-refractivity contribution is -0.152. The van der Waals surface area contributed by atoms with E-state index in [0.717, 1.165) is 43.4 Å². The molecule has 4 rings (SSSR count). The first kappa shape index (κ1) is 79.4. The van der Waals surface area contributed by atoms with Gasteiger partial charge in [0.1, 0.15) is 47.8 Å². The van der Waals surface area contributed by atoms with Crippen LogP contribution in [0.1, 0.15) is 197 Å². The van der Waals surface area contributed by atoms with Gasteiger partial charge in [0.05, 0.1) is 26.1 Å². The van der Waals surface area contributed by atoms with E-state index in [1.54, 1.807) is 11.8 Å². The number of hydrogen-bond donors (Lipinski definition) is 4. The Balaban J connectivity index is 1.85. The van der Waals surface area contributed by atoms with Crippen molar-refractivity contribution in [3.8, 4) is 0 Å². The van der Waals surface area contributed by atoms with Gasteiger partial charge in [-0.15, -0.1) is 11.6 Å². The average Bonchev–Trinajstić information content (AvgIpc) is 0.846. The fraction of sp³-hybridized carbons (Fsp3) is 0.824. The van der Waals surface area contributed by atoms with E-state index in [2.05, 4.69) is 21.3 Å². The SMILES string of the molecule is CCCC[C@@H]1NC(=O)[C@H](CC2CCCCC2)NC(=O)CN(C)C(=O)[C@H](CC2CCC(Cl)CC2)N(C)C(=O)CN(C)C(=O)CN(C)C(=O)[C@H]([C@@H](C)CC)NC(=O)[C@H](CC(C)C)N(C)C(=O)C[C@@H](C(=O)N2CCCCC2)N(C)C(=O)[C@H](CC(C)C)NC(=O)C(C)(C)N(C)C1=O. The zero-order valence-corrected chi connectivity index (χ0v) is 60.0. The van der Waals surface area contributed by atoms with Gasteiger partial charge in [-0.05, 0) is 120 Å². The predicted octanol–water partition coefficient (Wildman–Crippen LogP) is 4.92. The lowest BCUT2D eigenvalue weighted by Gasteiger charge is -2.39. The first-order chi connectivity index (χ1) is 43.6. The van der Waals surface area contributed by atoms with Gasteiger partial charge >= 0.3 is 0 Å². The van der Waals surface area contributed by atoms with Crippen LogP contribution in [0.25, 0.3) is 0 Å². The smallest absolute Gasteiger partial charge is 0.246 e. The summed E-state index contributed by atoms with van der Waals surface area (Å²) in [5, 5.41) is 11.6. The normalized spacial score (nSPS) is 27.9. The minimum atomic E-state index is -1.65. The van der Waals surface area contributed by atoms with Crippen LogP contribution in [0.4, 0.5) is 0 Å². The van der Waals surface area contributed by atoms with Crippen molar-refractivity contribution in [3.05, 3.63) is 0 Å². The first-order valence-electron chi connectivity index (χ1n) is 34.6. The third kappa shape index (κ3) is 23.1. The second-order valence-corrected chi connectivity index (χ2v) is 29.4. The summed E-state index contributed by atoms with van der Waals surface area (Å²) in [7, 11) is 10.1. The molecule has 0 aromatic carbocycles. The Morgan fingerprint density at radius 1 is 0.538 bits per heavy atom. The van der Waals surface area contributed by atoms with Crippen molar-refractivity contribution < 1.29 is 57.5 Å². The summed E-state index contributed by atoms with van der Waals surface area (Å²) in [5.41, 5.74) is -1.65. The monoisotopic (exact) mass is 1330 g/mol. The van der Waals surface area contributed by atoms with E-state index in [-0.39, 0.29) is 61.2 Å². The molecular weight excluding hydrogens is 1210 g/mol. The molecule has 528 valence electrons. The van der Waals surface area contributed by atoms with E-state index in [0.29, 0.717) is 70.9 Å². The Kier molecular flexibility index (Phi) is 31.8. The number of rotatable bonds is 14. The molecule has 2 heterocycles. The molecule has 0 aromatic rings. The molecule has 0 radical (unpaired) electrons. The summed E-state index contributed by atoms with van der Waals surface area (Å²) >= 11 is 6.51. The molecule has 4 fully saturated rings. The van der Waals surface area contributed by atoms with Crippen LogP contribution in [-0.2, 0) is 57.5 Å². The number of halogens is 1. The zero-order chi connectivity index (χ0) is 69.8. The lowest BCUT2D eigenvalue weighted by Crippen LogP contribution is -2.63. The van der Waals surface area contributed by atoms with Crippen LogP contribution in [0.3, 0.4) is 0 Å². The molecule has 0 unspecified atom stereocenters. The number of hydrogen-bond acceptors (Lipinski definition) is 12. The van der Waals surface area contributed by atoms with Gasteiger partial charge in [0, 0.05) is 67.8 Å². The highest BCUT2D eigenvalue weighted by Crippen LogP contribution is 2.33. The van der Waals surface area contributed by atoms with Gasteiger partial charge in [-0.25, -0.2) is 0 Å². The number of carbonyl (C=O) groups excluding carboxylic acids is 12. The van der Waals surface area contributed by atoms with Gasteiger partial charge in [-0.1, -0.05) is 99.8 Å². The molecule has 0 spiro atoms. The van der Waals surface area contributed by atoms with Gasteiger partial charge in [0.2, 0.25) is 70.9 Å². The maximum absolute atomic E-state index is 15.1. The van der Waals surface area contributed by atoms with Crippen LogP contribution in [-0.4, -0.2) is 245 Å². The van der Waals surface area contributed by atoms with Crippen molar-refractivity contribution in [2.45, 2.75) is 250 Å². The Morgan fingerprint density at radius 3 is 1.68 bits per heavy atom. The molecule has 2 saturated heterocycles. The second-order valence-electron chi connectivity index (χ2n) is 28.8. The van der Waals surface area contributed by atoms with Crippen molar-refractivity contribution in [3.63, 3.8) is 0 Å². The van der Waals surface area contributed by atoms with Crippen LogP contribution >= 0.6 is 11.6 Å². The van der Waals surface area contributed by atoms with Gasteiger partial charge in [0.25, 0.3) is 0 Å². The van der Waals surface area contributed by atoms with Gasteiger partial charge in [-0.3, -0.25) is 57.5 Å². The minimum absolute atomic E-state index is 0.00284. The fourth-order valence-electron chi connectivity index (χ4n) is 13.1. The summed E-state index contributed by atoms with van der Waals surface area (Å²) < 4.78 is 0. The highest BCUT2D eigenvalue weighted by Gasteiger charge is 2.45. The predicted molar refractivity (Wildman–Crippen MR) is 358 cm³/mol. The highest BCUT2D eigenvalue weighted by atomic mass is 35.5. The number of nitrogens with one attached hydrogen (secondary N) is 4. The summed E-state index contributed by atoms with van der Waals surface area (Å²) in [6.07, 6.45) is 11.7. The van der Waals surface area contributed by atoms with Crippen LogP contribution in [0, 0.1) is 29.6 Å². The van der Waals surface area contributed by atoms with Gasteiger partial charge < -0.3 is 60.5 Å². The van der Waals surface area contributed by atoms with E-state index in [9.17, 15) is 52.7 Å². The van der Waals surface area contributed by atoms with E-state index in [4.69, 9.17) is 11.6 Å². The number of unbranched alkanes of at least 4 members (excludes halogenated alkanes) is 1. The minimum Gasteiger partial charge on any atom is -0.343 e. The van der Waals surface area contributed by atoms with Gasteiger partial charge in [-0.2, -0.15) is 0 Å². The maximum atomic E-state index is 15.1. The Labute approximate surface area is 560 Å². The van der Waals surface area contributed by atoms with Crippen LogP contribution < -0.4 is 21.3 Å². The summed E-state index contributed by atoms with van der Waals surface area (Å²) in [6.45, 7) is 15.4. The molecule has 2 saturated carbocycles. The molecule has 12 amide bonds. The van der Waals surface area contributed by atoms with Crippen LogP contribution in [0.2, 0.25) is 0 Å². The zero-order valence-electron chi connectivity index (χ0n) is 59.2. The molecule has 4 N–H and O–H groups in total. The number of likely N-dealkylation sites (N-methyl/N-ethyl adjacent to an activating group) is 7. The topological polar surface area (TPSA) is 279 Å². The molecule has 25 heteroatoms. The quantitative estimate of drug-likeness (QED) is 0.169. The van der Waals surface area contributed by atoms with E-state index >= 15 is 4.79 Å². The first-order valence-corrected chi connectivity index (χ1v) is 35.0. The van der Waals surface area contributed by atoms with Crippen LogP contribution in [0.15, 0.2) is 0 Å². The lowest BCUT2D eigenvalue weighted by atomic mass is 9.84. The number of piperidine rings is 1. The van der Waals surface area contributed by atoms with Gasteiger partial charge in [0.15, 0.2) is 0 Å². The summed E-state index contributed by atoms with van der Waals surface area (Å²) in [4.78, 5) is 186. The van der Waals surface area contributed by atoms with E-state index < -0.39 is 151 Å². The fourth-order valence-corrected chi connectivity index (χ4v) is 13.4. The van der Waals surface area contributed by atoms with E-state index in [1.807, 2.05) is 41.5 Å². The molecule has 2 aliphatic heterocycles. The standard InChI is InChI=1S/C68H117ClN12O12/c1-17-19-28-49-63(89)80(16)68(8,9)67(93)72-51(35-43(3)4)62(88)79(15)54(65(91)81-33-24-21-25-34-81)39-56(83)77(13)52(36-44(5)6)61(87)73-59(45(7)18-2)66(92)76(12)41-57(84)74(10)42-58(85)78(14)53(38-47-29-31-48(69)32-30-47)64(90)75(11)40-55(82)70-50(60(86)71-49)37-46-26-22-20-23-27-46/h43-54,59H,17-42H2,1-16H3,(H,70,82)(H,71,86)(H,72,93)(H,73,87)/t45-,47?,48?,49-,50-,51-,52-,53-,54-,59-/m0/s1. The molecule has 8 atom stereocenters. The largest absolute Gasteiger partial charge is 0.343 e. The molecule has 4 aliphatic rings. The highest BCUT2D eigenvalue weighted by molar-refractivity contribution is 6.20. The maximum Gasteiger partial charge on any atom is 0.246 e. The number of likely N-dealkylation sites (tertiary alicyclic amines) is 1. The van der Waals surface area contributed by atoms with Crippen molar-refractivity contribution in [2.24, 2.45) is 29.6 Å². The Bertz CT molecular complexity index is 2570. The van der Waals surface area contributed by atoms with Crippen LogP contribution in [0.5, 0.6) is 0 Å². The third-order valence-corrected chi connectivity index (χ3v) is 20.4. The number of nitrogens with zero attached hydrogens (tertiary/aromatic N) is 8. The number of carbonyl (C=O) groups is 12. The molecule has 93 heavy (non-hydrogen) atoms. The molecular formula is C68H117ClN12O12. The molecule has 24 nitrogen and oxygen atoms in total. The van der Waals surface area contributed by atoms with Crippen molar-refractivity contribution in [1.29, 1.82) is 0 Å².